The second-order valence-corrected chi connectivity index (χ2v) is 14.7. The third-order valence-electron chi connectivity index (χ3n) is 7.76. The molecular weight excluding hydrogens is 588 g/mol. The number of rotatable bonds is 10. The van der Waals surface area contributed by atoms with Crippen LogP contribution in [-0.2, 0) is 23.7 Å². The number of aromatic hydroxyl groups is 2. The number of aryl methyl sites for hydroxylation is 2. The first kappa shape index (κ1) is 34.0. The highest BCUT2D eigenvalue weighted by Gasteiger charge is 2.35. The van der Waals surface area contributed by atoms with E-state index in [1.54, 1.807) is 38.4 Å². The van der Waals surface area contributed by atoms with E-state index in [4.69, 9.17) is 11.5 Å². The summed E-state index contributed by atoms with van der Waals surface area (Å²) in [4.78, 5) is 43.8. The van der Waals surface area contributed by atoms with E-state index in [9.17, 15) is 19.8 Å². The van der Waals surface area contributed by atoms with E-state index in [2.05, 4.69) is 19.9 Å². The van der Waals surface area contributed by atoms with Gasteiger partial charge >= 0.3 is 0 Å². The first-order valence-corrected chi connectivity index (χ1v) is 15.7. The number of nitrogens with two attached hydrogens (primary N) is 2. The van der Waals surface area contributed by atoms with Crippen LogP contribution in [0.1, 0.15) is 95.9 Å². The maximum atomic E-state index is 14.2. The number of nitrogens with zero attached hydrogens (tertiary/aromatic N) is 2. The van der Waals surface area contributed by atoms with Gasteiger partial charge in [0.25, 0.3) is 0 Å². The molecule has 2 heterocycles. The molecule has 2 aromatic carbocycles. The number of phenols is 2. The molecule has 0 spiro atoms. The summed E-state index contributed by atoms with van der Waals surface area (Å²) in [6.45, 7) is 15.1. The quantitative estimate of drug-likeness (QED) is 0.124. The third kappa shape index (κ3) is 7.16. The average molecular weight is 633 g/mol. The topological polar surface area (TPSA) is 184 Å². The summed E-state index contributed by atoms with van der Waals surface area (Å²) in [6.07, 6.45) is 6.84. The van der Waals surface area contributed by atoms with Gasteiger partial charge in [0, 0.05) is 57.3 Å². The predicted molar refractivity (Wildman–Crippen MR) is 176 cm³/mol. The number of phenolic OH excluding ortho intramolecular Hbond substituents is 2. The Kier molecular flexibility index (Phi) is 9.67. The molecule has 0 saturated heterocycles. The molecule has 0 saturated carbocycles. The van der Waals surface area contributed by atoms with Crippen molar-refractivity contribution in [2.75, 3.05) is 0 Å². The fourth-order valence-corrected chi connectivity index (χ4v) is 6.91. The number of carbonyl (C=O) groups is 2. The molecule has 11 heteroatoms. The summed E-state index contributed by atoms with van der Waals surface area (Å²) in [7, 11) is 0. The summed E-state index contributed by atoms with van der Waals surface area (Å²) in [5.41, 5.74) is 15.7. The van der Waals surface area contributed by atoms with Crippen molar-refractivity contribution in [3.05, 3.63) is 81.9 Å². The maximum absolute atomic E-state index is 14.2. The van der Waals surface area contributed by atoms with Gasteiger partial charge in [0.15, 0.2) is 11.6 Å². The molecule has 0 aliphatic rings. The summed E-state index contributed by atoms with van der Waals surface area (Å²) in [6, 6.07) is 1.62. The van der Waals surface area contributed by atoms with Gasteiger partial charge in [0.1, 0.15) is 11.5 Å². The average Bonchev–Trinajstić information content (AvgIpc) is 3.64. The van der Waals surface area contributed by atoms with Gasteiger partial charge in [0.2, 0.25) is 0 Å². The first-order valence-electron chi connectivity index (χ1n) is 14.9. The van der Waals surface area contributed by atoms with E-state index < -0.39 is 22.9 Å². The Morgan fingerprint density at radius 3 is 1.40 bits per heavy atom. The van der Waals surface area contributed by atoms with Gasteiger partial charge < -0.3 is 31.6 Å². The lowest BCUT2D eigenvalue weighted by molar-refractivity contribution is 0.0948. The summed E-state index contributed by atoms with van der Waals surface area (Å²) in [5.74, 6) is -0.653. The number of imidazole rings is 2. The van der Waals surface area contributed by atoms with Crippen LogP contribution in [0, 0.1) is 13.8 Å². The van der Waals surface area contributed by atoms with E-state index in [1.165, 1.54) is 24.4 Å². The number of carbonyl (C=O) groups excluding carboxylic acids is 2. The Hall–Kier alpha value is -3.93. The molecular formula is C34H44N6O4S. The SMILES string of the molecule is Cc1cc(Sc2cc(C)c(O)c(C(C)(C)C)c2C(=O)[C@@H](N)Cc2c[nH]cn2)c(C(=O)[C@@H](N)Cc2c[nH]cn2)c(C(C)(C)C)c1O. The molecule has 0 radical (unpaired) electrons. The fraction of sp³-hybridized carbons (Fsp3) is 0.412. The van der Waals surface area contributed by atoms with E-state index >= 15 is 0 Å². The van der Waals surface area contributed by atoms with E-state index in [0.29, 0.717) is 54.6 Å². The molecule has 4 aromatic rings. The van der Waals surface area contributed by atoms with Crippen LogP contribution >= 0.6 is 11.8 Å². The monoisotopic (exact) mass is 632 g/mol. The van der Waals surface area contributed by atoms with Crippen molar-refractivity contribution in [2.24, 2.45) is 11.5 Å². The highest BCUT2D eigenvalue weighted by molar-refractivity contribution is 7.99. The standard InChI is InChI=1S/C34H44N6O4S/c1-17-9-23(25(27(29(17)41)33(3,4)5)31(43)21(35)11-19-13-37-15-39-19)45-24-10-18(2)30(42)28(34(6,7)8)26(24)32(44)22(36)12-20-14-38-16-40-20/h9-10,13-16,21-22,41-42H,11-12,35-36H2,1-8H3,(H,37,39)(H,38,40)/t21-,22-/m0/s1. The van der Waals surface area contributed by atoms with Gasteiger partial charge in [-0.05, 0) is 47.9 Å². The highest BCUT2D eigenvalue weighted by Crippen LogP contribution is 2.47. The minimum Gasteiger partial charge on any atom is -0.507 e. The van der Waals surface area contributed by atoms with Crippen molar-refractivity contribution in [3.63, 3.8) is 0 Å². The number of hydrogen-bond acceptors (Lipinski definition) is 9. The van der Waals surface area contributed by atoms with Gasteiger partial charge in [-0.2, -0.15) is 0 Å². The summed E-state index contributed by atoms with van der Waals surface area (Å²) in [5, 5.41) is 22.7. The maximum Gasteiger partial charge on any atom is 0.181 e. The Labute approximate surface area is 268 Å². The van der Waals surface area contributed by atoms with Gasteiger partial charge in [-0.3, -0.25) is 9.59 Å². The number of ketones is 2. The van der Waals surface area contributed by atoms with Crippen LogP contribution in [-0.4, -0.2) is 53.8 Å². The molecule has 2 aromatic heterocycles. The van der Waals surface area contributed by atoms with Crippen LogP contribution in [0.2, 0.25) is 0 Å². The fourth-order valence-electron chi connectivity index (χ4n) is 5.59. The minimum absolute atomic E-state index is 0.0248. The largest absolute Gasteiger partial charge is 0.507 e. The van der Waals surface area contributed by atoms with Crippen molar-refractivity contribution in [2.45, 2.75) is 101 Å². The molecule has 240 valence electrons. The third-order valence-corrected chi connectivity index (χ3v) is 8.85. The molecule has 0 amide bonds. The van der Waals surface area contributed by atoms with Gasteiger partial charge in [-0.15, -0.1) is 0 Å². The second-order valence-electron chi connectivity index (χ2n) is 13.7. The van der Waals surface area contributed by atoms with Crippen LogP contribution < -0.4 is 11.5 Å². The van der Waals surface area contributed by atoms with Gasteiger partial charge in [-0.1, -0.05) is 53.3 Å². The smallest absolute Gasteiger partial charge is 0.181 e. The molecule has 10 nitrogen and oxygen atoms in total. The molecule has 0 aliphatic carbocycles. The number of H-pyrrole nitrogens is 2. The van der Waals surface area contributed by atoms with Crippen LogP contribution in [0.5, 0.6) is 11.5 Å². The van der Waals surface area contributed by atoms with E-state index in [-0.39, 0.29) is 35.9 Å². The molecule has 8 N–H and O–H groups in total. The van der Waals surface area contributed by atoms with Gasteiger partial charge in [0.05, 0.1) is 36.1 Å². The van der Waals surface area contributed by atoms with Crippen molar-refractivity contribution >= 4 is 23.3 Å². The van der Waals surface area contributed by atoms with Crippen molar-refractivity contribution in [1.29, 1.82) is 0 Å². The zero-order chi connectivity index (χ0) is 33.4. The Morgan fingerprint density at radius 1 is 0.756 bits per heavy atom. The molecule has 2 atom stereocenters. The number of Topliss-reactive ketones (excluding diaryl/α,β-unsaturated/α-hetero) is 2. The Bertz CT molecular complexity index is 1570. The molecule has 45 heavy (non-hydrogen) atoms. The lowest BCUT2D eigenvalue weighted by Gasteiger charge is -2.29. The van der Waals surface area contributed by atoms with Crippen molar-refractivity contribution < 1.29 is 19.8 Å². The number of nitrogens with one attached hydrogen (secondary N) is 2. The normalized spacial score (nSPS) is 13.6. The summed E-state index contributed by atoms with van der Waals surface area (Å²) >= 11 is 1.24. The second kappa shape index (κ2) is 12.8. The number of hydrogen-bond donors (Lipinski definition) is 6. The molecule has 0 aliphatic heterocycles. The van der Waals surface area contributed by atoms with Crippen LogP contribution in [0.25, 0.3) is 0 Å². The Morgan fingerprint density at radius 2 is 1.11 bits per heavy atom. The molecule has 0 bridgehead atoms. The Balaban J connectivity index is 1.95. The summed E-state index contributed by atoms with van der Waals surface area (Å²) < 4.78 is 0. The molecule has 4 rings (SSSR count). The van der Waals surface area contributed by atoms with Crippen molar-refractivity contribution in [1.82, 2.24) is 19.9 Å². The first-order chi connectivity index (χ1) is 20.9. The van der Waals surface area contributed by atoms with Crippen molar-refractivity contribution in [3.8, 4) is 11.5 Å². The number of aromatic amines is 2. The molecule has 0 unspecified atom stereocenters. The van der Waals surface area contributed by atoms with E-state index in [0.717, 1.165) is 0 Å². The zero-order valence-corrected chi connectivity index (χ0v) is 28.0. The van der Waals surface area contributed by atoms with Crippen LogP contribution in [0.4, 0.5) is 0 Å². The van der Waals surface area contributed by atoms with Gasteiger partial charge in [-0.25, -0.2) is 9.97 Å². The number of benzene rings is 2. The van der Waals surface area contributed by atoms with Crippen LogP contribution in [0.3, 0.4) is 0 Å². The highest BCUT2D eigenvalue weighted by atomic mass is 32.2. The number of aromatic nitrogens is 4. The lowest BCUT2D eigenvalue weighted by Crippen LogP contribution is -2.35. The lowest BCUT2D eigenvalue weighted by atomic mass is 9.79. The minimum atomic E-state index is -0.939. The van der Waals surface area contributed by atoms with E-state index in [1.807, 2.05) is 41.5 Å². The van der Waals surface area contributed by atoms with Crippen LogP contribution in [0.15, 0.2) is 47.0 Å². The molecule has 0 fully saturated rings. The predicted octanol–water partition coefficient (Wildman–Crippen LogP) is 5.41. The zero-order valence-electron chi connectivity index (χ0n) is 27.2.